The first-order chi connectivity index (χ1) is 17.5. The first-order valence-electron chi connectivity index (χ1n) is 11.8. The second-order valence-corrected chi connectivity index (χ2v) is 8.41. The topological polar surface area (TPSA) is 85.3 Å². The molecule has 1 N–H and O–H groups in total. The number of amides is 2. The number of hydrogen-bond donors (Lipinski definition) is 1. The van der Waals surface area contributed by atoms with E-state index in [1.165, 1.54) is 12.1 Å². The third-order valence-electron chi connectivity index (χ3n) is 5.93. The van der Waals surface area contributed by atoms with Crippen molar-refractivity contribution in [3.8, 4) is 5.75 Å². The summed E-state index contributed by atoms with van der Waals surface area (Å²) in [5, 5.41) is 11.0. The highest BCUT2D eigenvalue weighted by Gasteiger charge is 2.44. The molecule has 1 aliphatic heterocycles. The Morgan fingerprint density at radius 3 is 2.39 bits per heavy atom. The lowest BCUT2D eigenvalue weighted by Crippen LogP contribution is -2.48. The molecule has 3 atom stereocenters. The second kappa shape index (κ2) is 11.8. The van der Waals surface area contributed by atoms with E-state index in [2.05, 4.69) is 0 Å². The van der Waals surface area contributed by atoms with Crippen LogP contribution in [0, 0.1) is 5.82 Å². The van der Waals surface area contributed by atoms with Crippen LogP contribution in [0.25, 0.3) is 0 Å². The Hall–Kier alpha value is -3.75. The van der Waals surface area contributed by atoms with Gasteiger partial charge in [0, 0.05) is 18.2 Å². The number of carbonyl (C=O) groups is 2. The Labute approximate surface area is 209 Å². The van der Waals surface area contributed by atoms with Gasteiger partial charge < -0.3 is 19.3 Å². The molecule has 1 heterocycles. The summed E-state index contributed by atoms with van der Waals surface area (Å²) in [7, 11) is 0. The van der Waals surface area contributed by atoms with E-state index in [-0.39, 0.29) is 31.1 Å². The monoisotopic (exact) mass is 493 g/mol. The molecule has 0 aliphatic carbocycles. The van der Waals surface area contributed by atoms with Crippen LogP contribution in [-0.4, -0.2) is 47.4 Å². The Morgan fingerprint density at radius 2 is 1.75 bits per heavy atom. The SMILES string of the molecule is CCO[C@H](C(=O)N1C(=O)OCC1Cc1ccccc1)C(O)c1ccc(OCc2ccccc2)cc1F. The molecule has 188 valence electrons. The molecule has 2 unspecified atom stereocenters. The summed E-state index contributed by atoms with van der Waals surface area (Å²) in [6.45, 7) is 1.99. The van der Waals surface area contributed by atoms with Gasteiger partial charge in [0.1, 0.15) is 30.9 Å². The Bertz CT molecular complexity index is 1170. The minimum Gasteiger partial charge on any atom is -0.489 e. The van der Waals surface area contributed by atoms with Gasteiger partial charge in [0.05, 0.1) is 6.04 Å². The summed E-state index contributed by atoms with van der Waals surface area (Å²) in [5.41, 5.74) is 1.71. The van der Waals surface area contributed by atoms with E-state index >= 15 is 0 Å². The number of halogens is 1. The summed E-state index contributed by atoms with van der Waals surface area (Å²) in [4.78, 5) is 26.8. The van der Waals surface area contributed by atoms with E-state index in [9.17, 15) is 19.1 Å². The third-order valence-corrected chi connectivity index (χ3v) is 5.93. The molecular formula is C28H28FNO6. The molecule has 3 aromatic rings. The lowest BCUT2D eigenvalue weighted by atomic mass is 10.0. The maximum Gasteiger partial charge on any atom is 0.417 e. The standard InChI is InChI=1S/C28H28FNO6/c1-2-34-26(27(32)30-21(18-36-28(30)33)15-19-9-5-3-6-10-19)25(31)23-14-13-22(16-24(23)29)35-17-20-11-7-4-8-12-20/h3-14,16,21,25-26,31H,2,15,17-18H2,1H3/t21?,25?,26-/m0/s1. The number of ether oxygens (including phenoxy) is 3. The average molecular weight is 494 g/mol. The number of nitrogens with zero attached hydrogens (tertiary/aromatic N) is 1. The largest absolute Gasteiger partial charge is 0.489 e. The van der Waals surface area contributed by atoms with Crippen LogP contribution in [0.3, 0.4) is 0 Å². The maximum atomic E-state index is 15.0. The van der Waals surface area contributed by atoms with Crippen LogP contribution < -0.4 is 4.74 Å². The zero-order chi connectivity index (χ0) is 25.5. The zero-order valence-corrected chi connectivity index (χ0v) is 19.9. The van der Waals surface area contributed by atoms with Crippen LogP contribution in [-0.2, 0) is 27.3 Å². The van der Waals surface area contributed by atoms with Crippen molar-refractivity contribution in [2.75, 3.05) is 13.2 Å². The number of imide groups is 1. The van der Waals surface area contributed by atoms with Crippen molar-refractivity contribution in [1.29, 1.82) is 0 Å². The number of aliphatic hydroxyl groups excluding tert-OH is 1. The fraction of sp³-hybridized carbons (Fsp3) is 0.286. The van der Waals surface area contributed by atoms with Crippen LogP contribution in [0.4, 0.5) is 9.18 Å². The predicted octanol–water partition coefficient (Wildman–Crippen LogP) is 4.43. The highest BCUT2D eigenvalue weighted by atomic mass is 19.1. The van der Waals surface area contributed by atoms with E-state index in [0.717, 1.165) is 22.1 Å². The molecule has 1 fully saturated rings. The van der Waals surface area contributed by atoms with Crippen molar-refractivity contribution in [2.24, 2.45) is 0 Å². The van der Waals surface area contributed by atoms with Gasteiger partial charge in [0.2, 0.25) is 0 Å². The number of carbonyl (C=O) groups excluding carboxylic acids is 2. The van der Waals surface area contributed by atoms with Gasteiger partial charge in [-0.2, -0.15) is 0 Å². The molecule has 0 saturated carbocycles. The van der Waals surface area contributed by atoms with Crippen molar-refractivity contribution in [3.05, 3.63) is 101 Å². The summed E-state index contributed by atoms with van der Waals surface area (Å²) < 4.78 is 31.3. The van der Waals surface area contributed by atoms with Crippen molar-refractivity contribution in [3.63, 3.8) is 0 Å². The highest BCUT2D eigenvalue weighted by molar-refractivity contribution is 5.96. The Morgan fingerprint density at radius 1 is 1.08 bits per heavy atom. The molecule has 1 saturated heterocycles. The third kappa shape index (κ3) is 5.90. The summed E-state index contributed by atoms with van der Waals surface area (Å²) in [6.07, 6.45) is -3.58. The fourth-order valence-corrected chi connectivity index (χ4v) is 4.12. The van der Waals surface area contributed by atoms with Gasteiger partial charge in [-0.05, 0) is 36.6 Å². The smallest absolute Gasteiger partial charge is 0.417 e. The lowest BCUT2D eigenvalue weighted by molar-refractivity contribution is -0.149. The first kappa shape index (κ1) is 25.3. The molecular weight excluding hydrogens is 465 g/mol. The van der Waals surface area contributed by atoms with Crippen LogP contribution in [0.15, 0.2) is 78.9 Å². The minimum atomic E-state index is -1.65. The van der Waals surface area contributed by atoms with E-state index in [4.69, 9.17) is 14.2 Å². The predicted molar refractivity (Wildman–Crippen MR) is 130 cm³/mol. The molecule has 0 aromatic heterocycles. The molecule has 36 heavy (non-hydrogen) atoms. The average Bonchev–Trinajstić information content (AvgIpc) is 3.26. The summed E-state index contributed by atoms with van der Waals surface area (Å²) in [5.74, 6) is -1.26. The van der Waals surface area contributed by atoms with Gasteiger partial charge in [-0.15, -0.1) is 0 Å². The molecule has 4 rings (SSSR count). The van der Waals surface area contributed by atoms with Crippen molar-refractivity contribution in [2.45, 2.75) is 38.2 Å². The molecule has 3 aromatic carbocycles. The molecule has 0 bridgehead atoms. The van der Waals surface area contributed by atoms with Gasteiger partial charge in [-0.3, -0.25) is 4.79 Å². The van der Waals surface area contributed by atoms with Crippen molar-refractivity contribution >= 4 is 12.0 Å². The molecule has 7 nitrogen and oxygen atoms in total. The van der Waals surface area contributed by atoms with E-state index in [1.807, 2.05) is 60.7 Å². The molecule has 0 radical (unpaired) electrons. The first-order valence-corrected chi connectivity index (χ1v) is 11.8. The summed E-state index contributed by atoms with van der Waals surface area (Å²) in [6, 6.07) is 22.2. The normalized spacial score (nSPS) is 16.9. The van der Waals surface area contributed by atoms with Gasteiger partial charge >= 0.3 is 6.09 Å². The van der Waals surface area contributed by atoms with Crippen molar-refractivity contribution < 1.29 is 33.3 Å². The van der Waals surface area contributed by atoms with Crippen LogP contribution in [0.5, 0.6) is 5.75 Å². The van der Waals surface area contributed by atoms with Crippen LogP contribution in [0.2, 0.25) is 0 Å². The minimum absolute atomic E-state index is 0.0240. The number of benzene rings is 3. The molecule has 1 aliphatic rings. The Balaban J connectivity index is 1.49. The van der Waals surface area contributed by atoms with Crippen LogP contribution in [0.1, 0.15) is 29.7 Å². The van der Waals surface area contributed by atoms with Crippen molar-refractivity contribution in [1.82, 2.24) is 4.90 Å². The number of cyclic esters (lactones) is 1. The molecule has 8 heteroatoms. The molecule has 0 spiro atoms. The van der Waals surface area contributed by atoms with E-state index < -0.39 is 36.1 Å². The van der Waals surface area contributed by atoms with Gasteiger partial charge in [-0.1, -0.05) is 60.7 Å². The quantitative estimate of drug-likeness (QED) is 0.450. The van der Waals surface area contributed by atoms with Gasteiger partial charge in [-0.25, -0.2) is 14.1 Å². The second-order valence-electron chi connectivity index (χ2n) is 8.41. The lowest BCUT2D eigenvalue weighted by Gasteiger charge is -2.28. The highest BCUT2D eigenvalue weighted by Crippen LogP contribution is 2.29. The number of rotatable bonds is 10. The van der Waals surface area contributed by atoms with Gasteiger partial charge in [0.25, 0.3) is 5.91 Å². The van der Waals surface area contributed by atoms with E-state index in [0.29, 0.717) is 6.42 Å². The zero-order valence-electron chi connectivity index (χ0n) is 19.9. The van der Waals surface area contributed by atoms with Gasteiger partial charge in [0.15, 0.2) is 6.10 Å². The van der Waals surface area contributed by atoms with E-state index in [1.54, 1.807) is 6.92 Å². The number of aliphatic hydroxyl groups is 1. The number of hydrogen-bond acceptors (Lipinski definition) is 6. The summed E-state index contributed by atoms with van der Waals surface area (Å²) >= 11 is 0. The fourth-order valence-electron chi connectivity index (χ4n) is 4.12. The Kier molecular flexibility index (Phi) is 8.30. The van der Waals surface area contributed by atoms with Crippen LogP contribution >= 0.6 is 0 Å². The molecule has 2 amide bonds. The maximum absolute atomic E-state index is 15.0.